The van der Waals surface area contributed by atoms with Crippen LogP contribution in [0.1, 0.15) is 24.4 Å². The predicted octanol–water partition coefficient (Wildman–Crippen LogP) is 0.292. The summed E-state index contributed by atoms with van der Waals surface area (Å²) < 4.78 is 5.70. The lowest BCUT2D eigenvalue weighted by Gasteiger charge is -2.18. The van der Waals surface area contributed by atoms with Crippen LogP contribution in [0.15, 0.2) is 28.6 Å². The molecule has 0 aromatic carbocycles. The van der Waals surface area contributed by atoms with Crippen molar-refractivity contribution in [1.29, 1.82) is 0 Å². The van der Waals surface area contributed by atoms with E-state index >= 15 is 0 Å². The lowest BCUT2D eigenvalue weighted by Crippen LogP contribution is -2.42. The monoisotopic (exact) mass is 506 g/mol. The molecule has 0 atom stereocenters. The lowest BCUT2D eigenvalue weighted by atomic mass is 9.96. The number of carboxylic acid groups (broad SMARTS) is 3. The van der Waals surface area contributed by atoms with Gasteiger partial charge in [0.05, 0.1) is 30.1 Å². The van der Waals surface area contributed by atoms with Gasteiger partial charge in [-0.15, -0.1) is 0 Å². The van der Waals surface area contributed by atoms with Crippen molar-refractivity contribution in [3.05, 3.63) is 45.8 Å². The number of aliphatic hydroxyl groups is 1. The molecule has 0 unspecified atom stereocenters. The Morgan fingerprint density at radius 3 is 2.12 bits per heavy atom. The molecule has 0 aliphatic carbocycles. The van der Waals surface area contributed by atoms with E-state index in [2.05, 4.69) is 4.90 Å². The van der Waals surface area contributed by atoms with Crippen LogP contribution in [0, 0.1) is 10.1 Å². The largest absolute Gasteiger partial charge is 0.481 e. The van der Waals surface area contributed by atoms with E-state index in [9.17, 15) is 24.5 Å². The summed E-state index contributed by atoms with van der Waals surface area (Å²) in [6.45, 7) is 1.43. The van der Waals surface area contributed by atoms with Crippen molar-refractivity contribution in [1.82, 2.24) is 9.80 Å². The van der Waals surface area contributed by atoms with E-state index in [1.165, 1.54) is 0 Å². The zero-order chi connectivity index (χ0) is 26.5. The van der Waals surface area contributed by atoms with Gasteiger partial charge in [-0.1, -0.05) is 0 Å². The van der Waals surface area contributed by atoms with E-state index in [0.29, 0.717) is 6.54 Å². The number of hydrogen-bond acceptors (Lipinski definition) is 11. The van der Waals surface area contributed by atoms with Gasteiger partial charge in [0, 0.05) is 19.3 Å². The van der Waals surface area contributed by atoms with Gasteiger partial charge in [-0.3, -0.25) is 19.7 Å². The van der Waals surface area contributed by atoms with Crippen LogP contribution < -0.4 is 5.73 Å². The van der Waals surface area contributed by atoms with Gasteiger partial charge in [0.25, 0.3) is 6.20 Å². The molecule has 14 nitrogen and oxygen atoms in total. The Bertz CT molecular complexity index is 855. The number of thioether (sulfide) groups is 1. The SMILES string of the molecule is CN(C)Cc1ccc(CSCCN(C)C(N)=C[N+](=O)[O-])o1.O=C(O)CC(O)(CC(=O)O)C(=O)O. The molecule has 0 aliphatic rings. The fourth-order valence-corrected chi connectivity index (χ4v) is 3.22. The lowest BCUT2D eigenvalue weighted by molar-refractivity contribution is -0.404. The van der Waals surface area contributed by atoms with Gasteiger partial charge < -0.3 is 40.4 Å². The normalized spacial score (nSPS) is 11.5. The molecule has 0 radical (unpaired) electrons. The minimum Gasteiger partial charge on any atom is -0.481 e. The second-order valence-corrected chi connectivity index (χ2v) is 8.50. The van der Waals surface area contributed by atoms with Gasteiger partial charge in [0.1, 0.15) is 11.5 Å². The molecular weight excluding hydrogens is 476 g/mol. The highest BCUT2D eigenvalue weighted by Crippen LogP contribution is 2.17. The summed E-state index contributed by atoms with van der Waals surface area (Å²) in [7, 11) is 5.73. The maximum atomic E-state index is 10.3. The maximum absolute atomic E-state index is 10.3. The van der Waals surface area contributed by atoms with Crippen molar-refractivity contribution < 1.29 is 44.2 Å². The third-order valence-corrected chi connectivity index (χ3v) is 4.93. The second kappa shape index (κ2) is 14.8. The molecule has 0 bridgehead atoms. The highest BCUT2D eigenvalue weighted by Gasteiger charge is 2.40. The molecule has 34 heavy (non-hydrogen) atoms. The van der Waals surface area contributed by atoms with Gasteiger partial charge in [-0.2, -0.15) is 11.8 Å². The van der Waals surface area contributed by atoms with Crippen LogP contribution in [-0.2, 0) is 26.7 Å². The Balaban J connectivity index is 0.000000722. The summed E-state index contributed by atoms with van der Waals surface area (Å²) in [5.41, 5.74) is 2.84. The summed E-state index contributed by atoms with van der Waals surface area (Å²) >= 11 is 1.70. The molecule has 1 heterocycles. The standard InChI is InChI=1S/C13H22N4O3S.C6H8O7/c1-15(2)8-11-4-5-12(20-11)10-21-7-6-16(3)13(14)9-17(18)19;7-3(8)1-6(13,5(11)12)2-4(9)10/h4-5,9H,6-8,10,14H2,1-3H3;13H,1-2H2,(H,7,8)(H,9,10)(H,11,12). The number of carboxylic acids is 3. The first kappa shape index (κ1) is 30.7. The number of nitrogens with two attached hydrogens (primary N) is 1. The number of hydrogen-bond donors (Lipinski definition) is 5. The molecule has 6 N–H and O–H groups in total. The molecule has 1 aromatic heterocycles. The molecule has 0 fully saturated rings. The number of rotatable bonds is 14. The van der Waals surface area contributed by atoms with Crippen LogP contribution in [0.25, 0.3) is 0 Å². The zero-order valence-corrected chi connectivity index (χ0v) is 19.9. The first-order valence-electron chi connectivity index (χ1n) is 9.67. The Labute approximate surface area is 199 Å². The molecule has 1 rings (SSSR count). The van der Waals surface area contributed by atoms with Gasteiger partial charge >= 0.3 is 17.9 Å². The van der Waals surface area contributed by atoms with E-state index in [4.69, 9.17) is 30.6 Å². The quantitative estimate of drug-likeness (QED) is 0.130. The third kappa shape index (κ3) is 13.3. The van der Waals surface area contributed by atoms with Crippen LogP contribution in [0.2, 0.25) is 0 Å². The summed E-state index contributed by atoms with van der Waals surface area (Å²) in [5, 5.41) is 44.1. The topological polar surface area (TPSA) is 221 Å². The fourth-order valence-electron chi connectivity index (χ4n) is 2.32. The molecule has 0 saturated heterocycles. The summed E-state index contributed by atoms with van der Waals surface area (Å²) in [5.74, 6) is -1.38. The molecule has 0 spiro atoms. The molecule has 1 aromatic rings. The summed E-state index contributed by atoms with van der Waals surface area (Å²) in [6.07, 6.45) is -1.48. The van der Waals surface area contributed by atoms with Crippen molar-refractivity contribution >= 4 is 29.7 Å². The number of aliphatic carboxylic acids is 3. The first-order valence-corrected chi connectivity index (χ1v) is 10.8. The minimum absolute atomic E-state index is 0.159. The second-order valence-electron chi connectivity index (χ2n) is 7.40. The summed E-state index contributed by atoms with van der Waals surface area (Å²) in [4.78, 5) is 44.0. The molecule has 0 aliphatic heterocycles. The zero-order valence-electron chi connectivity index (χ0n) is 19.0. The van der Waals surface area contributed by atoms with Crippen molar-refractivity contribution in [2.75, 3.05) is 33.4 Å². The highest BCUT2D eigenvalue weighted by molar-refractivity contribution is 7.98. The average molecular weight is 507 g/mol. The van der Waals surface area contributed by atoms with Gasteiger partial charge in [-0.05, 0) is 26.2 Å². The van der Waals surface area contributed by atoms with Crippen LogP contribution in [0.5, 0.6) is 0 Å². The van der Waals surface area contributed by atoms with E-state index in [1.54, 1.807) is 23.7 Å². The number of carbonyl (C=O) groups is 3. The fraction of sp³-hybridized carbons (Fsp3) is 0.526. The number of nitrogens with zero attached hydrogens (tertiary/aromatic N) is 3. The van der Waals surface area contributed by atoms with E-state index < -0.39 is 41.3 Å². The van der Waals surface area contributed by atoms with Gasteiger partial charge in [-0.25, -0.2) is 4.79 Å². The Morgan fingerprint density at radius 2 is 1.68 bits per heavy atom. The maximum Gasteiger partial charge on any atom is 0.336 e. The molecule has 0 amide bonds. The van der Waals surface area contributed by atoms with E-state index in [1.807, 2.05) is 26.2 Å². The van der Waals surface area contributed by atoms with Crippen LogP contribution >= 0.6 is 11.8 Å². The van der Waals surface area contributed by atoms with E-state index in [0.717, 1.165) is 35.8 Å². The first-order chi connectivity index (χ1) is 15.7. The van der Waals surface area contributed by atoms with E-state index in [-0.39, 0.29) is 5.82 Å². The number of furan rings is 1. The predicted molar refractivity (Wildman–Crippen MR) is 121 cm³/mol. The molecule has 192 valence electrons. The number of nitro groups is 1. The molecular formula is C19H30N4O10S. The molecule has 0 saturated carbocycles. The Hall–Kier alpha value is -3.30. The highest BCUT2D eigenvalue weighted by atomic mass is 32.2. The Morgan fingerprint density at radius 1 is 1.15 bits per heavy atom. The van der Waals surface area contributed by atoms with Crippen LogP contribution in [0.3, 0.4) is 0 Å². The minimum atomic E-state index is -2.74. The Kier molecular flexibility index (Phi) is 13.3. The molecule has 15 heteroatoms. The van der Waals surface area contributed by atoms with Crippen molar-refractivity contribution in [2.45, 2.75) is 30.7 Å². The average Bonchev–Trinajstić information content (AvgIpc) is 3.10. The van der Waals surface area contributed by atoms with Gasteiger partial charge in [0.15, 0.2) is 11.4 Å². The van der Waals surface area contributed by atoms with Crippen molar-refractivity contribution in [2.24, 2.45) is 5.73 Å². The smallest absolute Gasteiger partial charge is 0.336 e. The van der Waals surface area contributed by atoms with Crippen LogP contribution in [0.4, 0.5) is 0 Å². The van der Waals surface area contributed by atoms with Crippen LogP contribution in [-0.4, -0.2) is 92.1 Å². The van der Waals surface area contributed by atoms with Crippen molar-refractivity contribution in [3.8, 4) is 0 Å². The van der Waals surface area contributed by atoms with Crippen molar-refractivity contribution in [3.63, 3.8) is 0 Å². The third-order valence-electron chi connectivity index (χ3n) is 3.97. The summed E-state index contributed by atoms with van der Waals surface area (Å²) in [6, 6.07) is 3.97. The van der Waals surface area contributed by atoms with Gasteiger partial charge in [0.2, 0.25) is 0 Å².